The van der Waals surface area contributed by atoms with Gasteiger partial charge in [-0.3, -0.25) is 4.72 Å². The zero-order valence-electron chi connectivity index (χ0n) is 11.9. The number of anilines is 1. The lowest BCUT2D eigenvalue weighted by Crippen LogP contribution is -2.17. The number of carboxylic acids is 1. The molecule has 0 aromatic heterocycles. The number of carbonyl (C=O) groups is 1. The van der Waals surface area contributed by atoms with E-state index in [1.807, 2.05) is 4.72 Å². The summed E-state index contributed by atoms with van der Waals surface area (Å²) in [5.41, 5.74) is -2.06. The van der Waals surface area contributed by atoms with E-state index in [0.717, 1.165) is 18.2 Å². The fourth-order valence-corrected chi connectivity index (χ4v) is 3.64. The van der Waals surface area contributed by atoms with Crippen LogP contribution in [0.15, 0.2) is 41.3 Å². The molecule has 2 N–H and O–H groups in total. The highest BCUT2D eigenvalue weighted by Gasteiger charge is 2.33. The normalized spacial score (nSPS) is 12.0. The third-order valence-electron chi connectivity index (χ3n) is 3.00. The van der Waals surface area contributed by atoms with Crippen molar-refractivity contribution < 1.29 is 31.5 Å². The molecule has 0 spiro atoms. The van der Waals surface area contributed by atoms with Crippen LogP contribution >= 0.6 is 23.2 Å². The van der Waals surface area contributed by atoms with E-state index < -0.39 is 48.9 Å². The molecule has 2 aromatic carbocycles. The number of benzene rings is 2. The third kappa shape index (κ3) is 4.36. The number of hydrogen-bond acceptors (Lipinski definition) is 3. The summed E-state index contributed by atoms with van der Waals surface area (Å²) < 4.78 is 65.0. The Balaban J connectivity index is 2.55. The van der Waals surface area contributed by atoms with Crippen LogP contribution in [-0.4, -0.2) is 19.5 Å². The summed E-state index contributed by atoms with van der Waals surface area (Å²) in [5.74, 6) is -1.45. The van der Waals surface area contributed by atoms with E-state index in [0.29, 0.717) is 12.1 Å². The molecule has 0 amide bonds. The van der Waals surface area contributed by atoms with Crippen molar-refractivity contribution in [1.29, 1.82) is 0 Å². The summed E-state index contributed by atoms with van der Waals surface area (Å²) in [7, 11) is -4.60. The van der Waals surface area contributed by atoms with Crippen molar-refractivity contribution in [3.8, 4) is 0 Å². The summed E-state index contributed by atoms with van der Waals surface area (Å²) in [4.78, 5) is 10.3. The Morgan fingerprint density at radius 2 is 1.72 bits per heavy atom. The van der Waals surface area contributed by atoms with Crippen molar-refractivity contribution in [2.45, 2.75) is 11.1 Å². The number of aromatic carboxylic acids is 1. The summed E-state index contributed by atoms with van der Waals surface area (Å²) in [6, 6.07) is 5.06. The summed E-state index contributed by atoms with van der Waals surface area (Å²) in [6.45, 7) is 0. The van der Waals surface area contributed by atoms with Crippen molar-refractivity contribution >= 4 is 44.9 Å². The van der Waals surface area contributed by atoms with E-state index in [4.69, 9.17) is 28.3 Å². The highest BCUT2D eigenvalue weighted by atomic mass is 35.5. The Morgan fingerprint density at radius 1 is 1.08 bits per heavy atom. The Hall–Kier alpha value is -1.97. The highest BCUT2D eigenvalue weighted by Crippen LogP contribution is 2.34. The maximum Gasteiger partial charge on any atom is 0.416 e. The first-order valence-corrected chi connectivity index (χ1v) is 8.58. The second-order valence-electron chi connectivity index (χ2n) is 4.74. The molecule has 5 nitrogen and oxygen atoms in total. The van der Waals surface area contributed by atoms with Crippen LogP contribution in [0.5, 0.6) is 0 Å². The molecule has 0 unspecified atom stereocenters. The van der Waals surface area contributed by atoms with Gasteiger partial charge in [-0.05, 0) is 36.4 Å². The summed E-state index contributed by atoms with van der Waals surface area (Å²) in [5, 5.41) is 8.64. The van der Waals surface area contributed by atoms with Gasteiger partial charge in [0.05, 0.1) is 21.8 Å². The molecule has 0 saturated heterocycles. The zero-order chi connectivity index (χ0) is 19.0. The lowest BCUT2D eigenvalue weighted by molar-refractivity contribution is -0.137. The Kier molecular flexibility index (Phi) is 5.22. The van der Waals surface area contributed by atoms with Crippen molar-refractivity contribution in [1.82, 2.24) is 0 Å². The standard InChI is InChI=1S/C14H8Cl2F3NO4S/c15-8-2-3-9(13(21)22)11(6-8)20-25(23,24)12-5-7(14(17,18)19)1-4-10(12)16/h1-6,20H,(H,21,22). The molecule has 0 bridgehead atoms. The molecule has 0 fully saturated rings. The van der Waals surface area contributed by atoms with Gasteiger partial charge in [-0.15, -0.1) is 0 Å². The van der Waals surface area contributed by atoms with Crippen molar-refractivity contribution in [2.75, 3.05) is 4.72 Å². The molecule has 11 heteroatoms. The van der Waals surface area contributed by atoms with Crippen molar-refractivity contribution in [2.24, 2.45) is 0 Å². The molecule has 25 heavy (non-hydrogen) atoms. The van der Waals surface area contributed by atoms with E-state index in [1.165, 1.54) is 6.07 Å². The minimum absolute atomic E-state index is 0.0258. The average molecular weight is 414 g/mol. The molecule has 2 aromatic rings. The highest BCUT2D eigenvalue weighted by molar-refractivity contribution is 7.92. The molecule has 0 aliphatic carbocycles. The molecule has 0 aliphatic heterocycles. The molecule has 0 radical (unpaired) electrons. The van der Waals surface area contributed by atoms with Gasteiger partial charge in [0, 0.05) is 5.02 Å². The van der Waals surface area contributed by atoms with Crippen LogP contribution in [0.1, 0.15) is 15.9 Å². The quantitative estimate of drug-likeness (QED) is 0.771. The topological polar surface area (TPSA) is 83.5 Å². The van der Waals surface area contributed by atoms with Gasteiger partial charge in [-0.25, -0.2) is 13.2 Å². The third-order valence-corrected chi connectivity index (χ3v) is 5.09. The van der Waals surface area contributed by atoms with E-state index in [-0.39, 0.29) is 5.02 Å². The molecule has 2 rings (SSSR count). The number of rotatable bonds is 4. The molecule has 0 aliphatic rings. The number of hydrogen-bond donors (Lipinski definition) is 2. The molecular weight excluding hydrogens is 406 g/mol. The first kappa shape index (κ1) is 19.4. The Morgan fingerprint density at radius 3 is 2.28 bits per heavy atom. The molecule has 0 atom stereocenters. The fraction of sp³-hybridized carbons (Fsp3) is 0.0714. The number of alkyl halides is 3. The largest absolute Gasteiger partial charge is 0.478 e. The molecule has 0 heterocycles. The fourth-order valence-electron chi connectivity index (χ4n) is 1.87. The SMILES string of the molecule is O=C(O)c1ccc(Cl)cc1NS(=O)(=O)c1cc(C(F)(F)F)ccc1Cl. The lowest BCUT2D eigenvalue weighted by Gasteiger charge is -2.14. The van der Waals surface area contributed by atoms with Gasteiger partial charge in [-0.2, -0.15) is 13.2 Å². The first-order valence-electron chi connectivity index (χ1n) is 6.34. The van der Waals surface area contributed by atoms with Crippen LogP contribution in [0.4, 0.5) is 18.9 Å². The van der Waals surface area contributed by atoms with Gasteiger partial charge in [0.15, 0.2) is 0 Å². The van der Waals surface area contributed by atoms with Gasteiger partial charge in [0.1, 0.15) is 4.90 Å². The Labute approximate surface area is 150 Å². The van der Waals surface area contributed by atoms with E-state index >= 15 is 0 Å². The smallest absolute Gasteiger partial charge is 0.416 e. The van der Waals surface area contributed by atoms with Gasteiger partial charge >= 0.3 is 12.1 Å². The van der Waals surface area contributed by atoms with E-state index in [2.05, 4.69) is 0 Å². The van der Waals surface area contributed by atoms with Gasteiger partial charge in [0.25, 0.3) is 10.0 Å². The number of nitrogens with one attached hydrogen (secondary N) is 1. The number of carboxylic acid groups (broad SMARTS) is 1. The van der Waals surface area contributed by atoms with Crippen molar-refractivity contribution in [3.63, 3.8) is 0 Å². The molecule has 134 valence electrons. The van der Waals surface area contributed by atoms with Crippen LogP contribution in [0.2, 0.25) is 10.0 Å². The average Bonchev–Trinajstić information content (AvgIpc) is 2.45. The number of sulfonamides is 1. The minimum atomic E-state index is -4.78. The monoisotopic (exact) mass is 413 g/mol. The van der Waals surface area contributed by atoms with E-state index in [1.54, 1.807) is 0 Å². The van der Waals surface area contributed by atoms with Crippen molar-refractivity contribution in [3.05, 3.63) is 57.6 Å². The van der Waals surface area contributed by atoms with Gasteiger partial charge in [0.2, 0.25) is 0 Å². The van der Waals surface area contributed by atoms with Crippen LogP contribution in [-0.2, 0) is 16.2 Å². The minimum Gasteiger partial charge on any atom is -0.478 e. The van der Waals surface area contributed by atoms with Gasteiger partial charge in [-0.1, -0.05) is 23.2 Å². The van der Waals surface area contributed by atoms with Crippen LogP contribution < -0.4 is 4.72 Å². The number of halogens is 5. The van der Waals surface area contributed by atoms with Crippen LogP contribution in [0.3, 0.4) is 0 Å². The zero-order valence-corrected chi connectivity index (χ0v) is 14.3. The maximum atomic E-state index is 12.8. The van der Waals surface area contributed by atoms with Gasteiger partial charge < -0.3 is 5.11 Å². The predicted molar refractivity (Wildman–Crippen MR) is 85.7 cm³/mol. The molecular formula is C14H8Cl2F3NO4S. The molecule has 0 saturated carbocycles. The van der Waals surface area contributed by atoms with E-state index in [9.17, 15) is 26.4 Å². The maximum absolute atomic E-state index is 12.8. The first-order chi connectivity index (χ1) is 11.4. The second-order valence-corrected chi connectivity index (χ2v) is 7.24. The Bertz CT molecular complexity index is 946. The summed E-state index contributed by atoms with van der Waals surface area (Å²) >= 11 is 11.4. The van der Waals surface area contributed by atoms with Crippen LogP contribution in [0.25, 0.3) is 0 Å². The van der Waals surface area contributed by atoms with Crippen LogP contribution in [0, 0.1) is 0 Å². The lowest BCUT2D eigenvalue weighted by atomic mass is 10.2. The predicted octanol–water partition coefficient (Wildman–Crippen LogP) is 4.51. The summed E-state index contributed by atoms with van der Waals surface area (Å²) in [6.07, 6.45) is -4.78. The second kappa shape index (κ2) is 6.74.